The molecule has 94 valence electrons. The molecule has 1 saturated carbocycles. The third-order valence-electron chi connectivity index (χ3n) is 4.16. The first-order valence-corrected chi connectivity index (χ1v) is 6.75. The van der Waals surface area contributed by atoms with E-state index in [0.29, 0.717) is 17.5 Å². The zero-order chi connectivity index (χ0) is 12.3. The van der Waals surface area contributed by atoms with E-state index in [1.807, 2.05) is 12.4 Å². The number of rotatable bonds is 3. The molecule has 0 spiro atoms. The Bertz CT molecular complexity index is 345. The summed E-state index contributed by atoms with van der Waals surface area (Å²) in [6, 6.07) is 5.26. The normalized spacial score (nSPS) is 25.5. The van der Waals surface area contributed by atoms with Crippen molar-refractivity contribution in [2.75, 3.05) is 0 Å². The number of aromatic nitrogens is 1. The van der Waals surface area contributed by atoms with Crippen molar-refractivity contribution in [3.63, 3.8) is 0 Å². The Hall–Kier alpha value is -0.890. The molecule has 1 aliphatic carbocycles. The maximum Gasteiger partial charge on any atom is 0.0295 e. The van der Waals surface area contributed by atoms with Crippen molar-refractivity contribution in [3.8, 4) is 0 Å². The predicted octanol–water partition coefficient (Wildman–Crippen LogP) is 3.70. The minimum atomic E-state index is 0.417. The third kappa shape index (κ3) is 3.06. The Kier molecular flexibility index (Phi) is 3.82. The van der Waals surface area contributed by atoms with Crippen LogP contribution in [-0.4, -0.2) is 11.0 Å². The lowest BCUT2D eigenvalue weighted by Crippen LogP contribution is -2.45. The van der Waals surface area contributed by atoms with Gasteiger partial charge in [0.1, 0.15) is 0 Å². The summed E-state index contributed by atoms with van der Waals surface area (Å²) in [7, 11) is 0. The van der Waals surface area contributed by atoms with Gasteiger partial charge in [0, 0.05) is 24.5 Å². The summed E-state index contributed by atoms with van der Waals surface area (Å²) in [6.07, 6.45) is 9.15. The predicted molar refractivity (Wildman–Crippen MR) is 71.8 cm³/mol. The van der Waals surface area contributed by atoms with Crippen molar-refractivity contribution < 1.29 is 0 Å². The Morgan fingerprint density at radius 1 is 1.29 bits per heavy atom. The molecule has 1 N–H and O–H groups in total. The van der Waals surface area contributed by atoms with Crippen LogP contribution in [-0.2, 0) is 0 Å². The zero-order valence-corrected chi connectivity index (χ0v) is 11.2. The lowest BCUT2D eigenvalue weighted by molar-refractivity contribution is 0.157. The average Bonchev–Trinajstić information content (AvgIpc) is 2.33. The van der Waals surface area contributed by atoms with Crippen molar-refractivity contribution in [2.45, 2.75) is 58.5 Å². The fourth-order valence-corrected chi connectivity index (χ4v) is 2.85. The summed E-state index contributed by atoms with van der Waals surface area (Å²) in [5.41, 5.74) is 1.76. The summed E-state index contributed by atoms with van der Waals surface area (Å²) in [5.74, 6) is 0. The SMILES string of the molecule is C[C@H](NC1CCCCC1(C)C)c1ccncc1. The highest BCUT2D eigenvalue weighted by molar-refractivity contribution is 5.14. The maximum absolute atomic E-state index is 4.08. The molecule has 1 aromatic heterocycles. The number of hydrogen-bond donors (Lipinski definition) is 1. The molecule has 1 fully saturated rings. The Balaban J connectivity index is 2.00. The van der Waals surface area contributed by atoms with Crippen LogP contribution < -0.4 is 5.32 Å². The van der Waals surface area contributed by atoms with Gasteiger partial charge in [0.2, 0.25) is 0 Å². The van der Waals surface area contributed by atoms with Crippen LogP contribution in [0.3, 0.4) is 0 Å². The maximum atomic E-state index is 4.08. The summed E-state index contributed by atoms with van der Waals surface area (Å²) in [4.78, 5) is 4.08. The van der Waals surface area contributed by atoms with E-state index in [1.54, 1.807) is 0 Å². The Morgan fingerprint density at radius 2 is 2.00 bits per heavy atom. The van der Waals surface area contributed by atoms with E-state index in [9.17, 15) is 0 Å². The van der Waals surface area contributed by atoms with Crippen molar-refractivity contribution in [1.29, 1.82) is 0 Å². The fraction of sp³-hybridized carbons (Fsp3) is 0.667. The third-order valence-corrected chi connectivity index (χ3v) is 4.16. The molecule has 0 amide bonds. The first-order chi connectivity index (χ1) is 8.09. The van der Waals surface area contributed by atoms with E-state index in [0.717, 1.165) is 0 Å². The fourth-order valence-electron chi connectivity index (χ4n) is 2.85. The van der Waals surface area contributed by atoms with Gasteiger partial charge in [0.05, 0.1) is 0 Å². The van der Waals surface area contributed by atoms with Gasteiger partial charge in [-0.05, 0) is 42.9 Å². The van der Waals surface area contributed by atoms with Crippen LogP contribution in [0.15, 0.2) is 24.5 Å². The highest BCUT2D eigenvalue weighted by atomic mass is 15.0. The van der Waals surface area contributed by atoms with Gasteiger partial charge in [-0.2, -0.15) is 0 Å². The molecule has 2 heteroatoms. The minimum Gasteiger partial charge on any atom is -0.307 e. The van der Waals surface area contributed by atoms with Crippen molar-refractivity contribution in [2.24, 2.45) is 5.41 Å². The second kappa shape index (κ2) is 5.18. The highest BCUT2D eigenvalue weighted by Gasteiger charge is 2.32. The van der Waals surface area contributed by atoms with E-state index in [-0.39, 0.29) is 0 Å². The second-order valence-electron chi connectivity index (χ2n) is 5.96. The van der Waals surface area contributed by atoms with Gasteiger partial charge in [-0.3, -0.25) is 4.98 Å². The molecule has 2 nitrogen and oxygen atoms in total. The molecule has 0 radical (unpaired) electrons. The molecule has 0 aliphatic heterocycles. The molecule has 1 aromatic rings. The van der Waals surface area contributed by atoms with Crippen LogP contribution >= 0.6 is 0 Å². The number of nitrogens with zero attached hydrogens (tertiary/aromatic N) is 1. The number of pyridine rings is 1. The van der Waals surface area contributed by atoms with E-state index < -0.39 is 0 Å². The molecule has 1 unspecified atom stereocenters. The van der Waals surface area contributed by atoms with Crippen molar-refractivity contribution in [3.05, 3.63) is 30.1 Å². The smallest absolute Gasteiger partial charge is 0.0295 e. The van der Waals surface area contributed by atoms with E-state index in [4.69, 9.17) is 0 Å². The van der Waals surface area contributed by atoms with Gasteiger partial charge >= 0.3 is 0 Å². The molecule has 2 atom stereocenters. The quantitative estimate of drug-likeness (QED) is 0.859. The molecule has 17 heavy (non-hydrogen) atoms. The van der Waals surface area contributed by atoms with E-state index >= 15 is 0 Å². The molecular weight excluding hydrogens is 208 g/mol. The van der Waals surface area contributed by atoms with Crippen LogP contribution in [0.1, 0.15) is 58.1 Å². The van der Waals surface area contributed by atoms with Crippen molar-refractivity contribution >= 4 is 0 Å². The second-order valence-corrected chi connectivity index (χ2v) is 5.96. The van der Waals surface area contributed by atoms with Gasteiger partial charge < -0.3 is 5.32 Å². The number of nitrogens with one attached hydrogen (secondary N) is 1. The topological polar surface area (TPSA) is 24.9 Å². The van der Waals surface area contributed by atoms with Crippen LogP contribution in [0.25, 0.3) is 0 Å². The van der Waals surface area contributed by atoms with E-state index in [1.165, 1.54) is 31.2 Å². The standard InChI is InChI=1S/C15H24N2/c1-12(13-7-10-16-11-8-13)17-14-6-4-5-9-15(14,2)3/h7-8,10-12,14,17H,4-6,9H2,1-3H3/t12-,14?/m0/s1. The Morgan fingerprint density at radius 3 is 2.65 bits per heavy atom. The molecule has 1 aliphatic rings. The van der Waals surface area contributed by atoms with Crippen molar-refractivity contribution in [1.82, 2.24) is 10.3 Å². The average molecular weight is 232 g/mol. The molecule has 1 heterocycles. The Labute approximate surface area is 105 Å². The summed E-state index contributed by atoms with van der Waals surface area (Å²) in [6.45, 7) is 7.03. The summed E-state index contributed by atoms with van der Waals surface area (Å²) < 4.78 is 0. The molecule has 0 aromatic carbocycles. The van der Waals surface area contributed by atoms with Crippen LogP contribution in [0.2, 0.25) is 0 Å². The molecule has 0 saturated heterocycles. The van der Waals surface area contributed by atoms with Crippen LogP contribution in [0, 0.1) is 5.41 Å². The molecular formula is C15H24N2. The van der Waals surface area contributed by atoms with Crippen LogP contribution in [0.4, 0.5) is 0 Å². The minimum absolute atomic E-state index is 0.417. The number of hydrogen-bond acceptors (Lipinski definition) is 2. The lowest BCUT2D eigenvalue weighted by Gasteiger charge is -2.40. The van der Waals surface area contributed by atoms with Gasteiger partial charge in [-0.25, -0.2) is 0 Å². The monoisotopic (exact) mass is 232 g/mol. The van der Waals surface area contributed by atoms with Crippen LogP contribution in [0.5, 0.6) is 0 Å². The zero-order valence-electron chi connectivity index (χ0n) is 11.2. The van der Waals surface area contributed by atoms with Gasteiger partial charge in [-0.15, -0.1) is 0 Å². The highest BCUT2D eigenvalue weighted by Crippen LogP contribution is 2.36. The first kappa shape index (κ1) is 12.6. The molecule has 2 rings (SSSR count). The van der Waals surface area contributed by atoms with Gasteiger partial charge in [-0.1, -0.05) is 26.7 Å². The lowest BCUT2D eigenvalue weighted by atomic mass is 9.73. The van der Waals surface area contributed by atoms with Gasteiger partial charge in [0.15, 0.2) is 0 Å². The molecule has 0 bridgehead atoms. The largest absolute Gasteiger partial charge is 0.307 e. The summed E-state index contributed by atoms with van der Waals surface area (Å²) >= 11 is 0. The first-order valence-electron chi connectivity index (χ1n) is 6.75. The van der Waals surface area contributed by atoms with Gasteiger partial charge in [0.25, 0.3) is 0 Å². The summed E-state index contributed by atoms with van der Waals surface area (Å²) in [5, 5.41) is 3.80. The van der Waals surface area contributed by atoms with E-state index in [2.05, 4.69) is 43.2 Å².